The number of furan rings is 1. The van der Waals surface area contributed by atoms with E-state index in [9.17, 15) is 4.79 Å². The van der Waals surface area contributed by atoms with Crippen molar-refractivity contribution in [3.63, 3.8) is 0 Å². The fourth-order valence-corrected chi connectivity index (χ4v) is 3.75. The van der Waals surface area contributed by atoms with Crippen LogP contribution in [-0.4, -0.2) is 25.7 Å². The number of anilines is 1. The molecule has 1 fully saturated rings. The molecule has 0 spiro atoms. The second-order valence-corrected chi connectivity index (χ2v) is 7.12. The molecule has 1 N–H and O–H groups in total. The Bertz CT molecular complexity index is 1160. The molecule has 4 aromatic rings. The second-order valence-electron chi connectivity index (χ2n) is 7.12. The van der Waals surface area contributed by atoms with Gasteiger partial charge in [-0.05, 0) is 37.3 Å². The molecule has 136 valence electrons. The third-order valence-electron chi connectivity index (χ3n) is 5.14. The first-order valence-corrected chi connectivity index (χ1v) is 9.22. The van der Waals surface area contributed by atoms with Crippen LogP contribution in [-0.2, 0) is 0 Å². The van der Waals surface area contributed by atoms with Crippen molar-refractivity contribution < 1.29 is 8.83 Å². The van der Waals surface area contributed by atoms with Crippen LogP contribution in [0.5, 0.6) is 0 Å². The van der Waals surface area contributed by atoms with Crippen LogP contribution in [0.4, 0.5) is 5.69 Å². The molecule has 0 radical (unpaired) electrons. The quantitative estimate of drug-likeness (QED) is 0.548. The maximum Gasteiger partial charge on any atom is 0.347 e. The first-order valence-electron chi connectivity index (χ1n) is 9.22. The molecule has 5 heteroatoms. The highest BCUT2D eigenvalue weighted by molar-refractivity contribution is 5.87. The van der Waals surface area contributed by atoms with Gasteiger partial charge in [0.05, 0.1) is 0 Å². The molecular weight excluding hydrogens is 340 g/mol. The molecule has 0 aliphatic carbocycles. The Labute approximate surface area is 156 Å². The number of hydrogen-bond acceptors (Lipinski definition) is 5. The van der Waals surface area contributed by atoms with Crippen LogP contribution in [0.15, 0.2) is 68.2 Å². The molecule has 1 atom stereocenters. The van der Waals surface area contributed by atoms with Gasteiger partial charge in [0, 0.05) is 48.2 Å². The Morgan fingerprint density at radius 3 is 2.70 bits per heavy atom. The summed E-state index contributed by atoms with van der Waals surface area (Å²) >= 11 is 0. The van der Waals surface area contributed by atoms with E-state index in [1.807, 2.05) is 48.5 Å². The molecule has 1 saturated heterocycles. The van der Waals surface area contributed by atoms with Crippen molar-refractivity contribution in [2.24, 2.45) is 0 Å². The standard InChI is InChI=1S/C22H20N2O3/c1-14-13-24(9-8-23-14)17-7-6-16-10-18(22(25)27-20(16)12-17)21-11-15-4-2-3-5-19(15)26-21/h2-7,10-12,14,23H,8-9,13H2,1H3. The summed E-state index contributed by atoms with van der Waals surface area (Å²) < 4.78 is 11.5. The van der Waals surface area contributed by atoms with E-state index >= 15 is 0 Å². The third-order valence-corrected chi connectivity index (χ3v) is 5.14. The van der Waals surface area contributed by atoms with Crippen LogP contribution in [0.3, 0.4) is 0 Å². The molecule has 1 unspecified atom stereocenters. The fraction of sp³-hybridized carbons (Fsp3) is 0.227. The minimum atomic E-state index is -0.382. The van der Waals surface area contributed by atoms with E-state index in [-0.39, 0.29) is 5.63 Å². The summed E-state index contributed by atoms with van der Waals surface area (Å²) in [5.74, 6) is 0.534. The number of nitrogens with zero attached hydrogens (tertiary/aromatic N) is 1. The highest BCUT2D eigenvalue weighted by Crippen LogP contribution is 2.29. The van der Waals surface area contributed by atoms with E-state index in [2.05, 4.69) is 23.2 Å². The van der Waals surface area contributed by atoms with Gasteiger partial charge < -0.3 is 19.1 Å². The molecule has 0 bridgehead atoms. The number of rotatable bonds is 2. The summed E-state index contributed by atoms with van der Waals surface area (Å²) in [5.41, 5.74) is 2.50. The van der Waals surface area contributed by atoms with Gasteiger partial charge in [-0.1, -0.05) is 18.2 Å². The van der Waals surface area contributed by atoms with Crippen molar-refractivity contribution >= 4 is 27.6 Å². The Morgan fingerprint density at radius 1 is 1.00 bits per heavy atom. The number of piperazine rings is 1. The highest BCUT2D eigenvalue weighted by Gasteiger charge is 2.17. The Morgan fingerprint density at radius 2 is 1.85 bits per heavy atom. The largest absolute Gasteiger partial charge is 0.456 e. The number of nitrogens with one attached hydrogen (secondary N) is 1. The molecule has 0 saturated carbocycles. The number of fused-ring (bicyclic) bond motifs is 2. The second kappa shape index (κ2) is 6.28. The van der Waals surface area contributed by atoms with Gasteiger partial charge in [-0.15, -0.1) is 0 Å². The van der Waals surface area contributed by atoms with Gasteiger partial charge in [0.25, 0.3) is 0 Å². The van der Waals surface area contributed by atoms with Crippen molar-refractivity contribution in [3.8, 4) is 11.3 Å². The SMILES string of the molecule is CC1CN(c2ccc3cc(-c4cc5ccccc5o4)c(=O)oc3c2)CCN1. The molecule has 5 nitrogen and oxygen atoms in total. The summed E-state index contributed by atoms with van der Waals surface area (Å²) in [6.45, 7) is 5.01. The van der Waals surface area contributed by atoms with Gasteiger partial charge in [-0.25, -0.2) is 4.79 Å². The van der Waals surface area contributed by atoms with Gasteiger partial charge >= 0.3 is 5.63 Å². The predicted molar refractivity (Wildman–Crippen MR) is 107 cm³/mol. The highest BCUT2D eigenvalue weighted by atomic mass is 16.4. The number of benzene rings is 2. The first-order chi connectivity index (χ1) is 13.2. The average Bonchev–Trinajstić information content (AvgIpc) is 3.11. The van der Waals surface area contributed by atoms with E-state index in [0.717, 1.165) is 41.7 Å². The molecule has 27 heavy (non-hydrogen) atoms. The Kier molecular flexibility index (Phi) is 3.76. The van der Waals surface area contributed by atoms with Crippen molar-refractivity contribution in [2.45, 2.75) is 13.0 Å². The molecule has 1 aliphatic heterocycles. The lowest BCUT2D eigenvalue weighted by Gasteiger charge is -2.33. The maximum absolute atomic E-state index is 12.6. The lowest BCUT2D eigenvalue weighted by atomic mass is 10.1. The van der Waals surface area contributed by atoms with Crippen molar-refractivity contribution in [3.05, 3.63) is 65.0 Å². The fourth-order valence-electron chi connectivity index (χ4n) is 3.75. The molecule has 0 amide bonds. The van der Waals surface area contributed by atoms with E-state index in [4.69, 9.17) is 8.83 Å². The lowest BCUT2D eigenvalue weighted by molar-refractivity contribution is 0.484. The van der Waals surface area contributed by atoms with Crippen LogP contribution in [0.2, 0.25) is 0 Å². The smallest absolute Gasteiger partial charge is 0.347 e. The topological polar surface area (TPSA) is 58.6 Å². The van der Waals surface area contributed by atoms with Gasteiger partial charge in [0.15, 0.2) is 0 Å². The molecular formula is C22H20N2O3. The molecule has 2 aromatic carbocycles. The lowest BCUT2D eigenvalue weighted by Crippen LogP contribution is -2.49. The first kappa shape index (κ1) is 16.1. The predicted octanol–water partition coefficient (Wildman–Crippen LogP) is 4.00. The molecule has 5 rings (SSSR count). The molecule has 3 heterocycles. The maximum atomic E-state index is 12.6. The molecule has 2 aromatic heterocycles. The van der Waals surface area contributed by atoms with Crippen LogP contribution in [0.25, 0.3) is 33.3 Å². The average molecular weight is 360 g/mol. The van der Waals surface area contributed by atoms with Crippen LogP contribution in [0.1, 0.15) is 6.92 Å². The summed E-state index contributed by atoms with van der Waals surface area (Å²) in [6.07, 6.45) is 0. The van der Waals surface area contributed by atoms with E-state index in [1.165, 1.54) is 0 Å². The summed E-state index contributed by atoms with van der Waals surface area (Å²) in [7, 11) is 0. The van der Waals surface area contributed by atoms with Gasteiger partial charge in [-0.3, -0.25) is 0 Å². The third kappa shape index (κ3) is 2.90. The Balaban J connectivity index is 1.57. The molecule has 1 aliphatic rings. The zero-order chi connectivity index (χ0) is 18.4. The minimum Gasteiger partial charge on any atom is -0.456 e. The van der Waals surface area contributed by atoms with Crippen LogP contribution >= 0.6 is 0 Å². The Hall–Kier alpha value is -3.05. The summed E-state index contributed by atoms with van der Waals surface area (Å²) in [6, 6.07) is 17.9. The zero-order valence-electron chi connectivity index (χ0n) is 15.1. The number of para-hydroxylation sites is 1. The van der Waals surface area contributed by atoms with Crippen LogP contribution < -0.4 is 15.8 Å². The summed E-state index contributed by atoms with van der Waals surface area (Å²) in [5, 5.41) is 5.29. The van der Waals surface area contributed by atoms with Gasteiger partial charge in [0.1, 0.15) is 22.5 Å². The minimum absolute atomic E-state index is 0.382. The number of hydrogen-bond donors (Lipinski definition) is 1. The van der Waals surface area contributed by atoms with E-state index in [1.54, 1.807) is 0 Å². The van der Waals surface area contributed by atoms with Crippen LogP contribution in [0, 0.1) is 0 Å². The van der Waals surface area contributed by atoms with Gasteiger partial charge in [-0.2, -0.15) is 0 Å². The van der Waals surface area contributed by atoms with Crippen molar-refractivity contribution in [2.75, 3.05) is 24.5 Å². The van der Waals surface area contributed by atoms with Crippen molar-refractivity contribution in [1.29, 1.82) is 0 Å². The zero-order valence-corrected chi connectivity index (χ0v) is 15.1. The van der Waals surface area contributed by atoms with Crippen molar-refractivity contribution in [1.82, 2.24) is 5.32 Å². The van der Waals surface area contributed by atoms with E-state index in [0.29, 0.717) is 22.9 Å². The summed E-state index contributed by atoms with van der Waals surface area (Å²) in [4.78, 5) is 14.9. The normalized spacial score (nSPS) is 17.7. The van der Waals surface area contributed by atoms with E-state index < -0.39 is 0 Å². The van der Waals surface area contributed by atoms with Gasteiger partial charge in [0.2, 0.25) is 0 Å². The monoisotopic (exact) mass is 360 g/mol.